The highest BCUT2D eigenvalue weighted by Gasteiger charge is 2.36. The summed E-state index contributed by atoms with van der Waals surface area (Å²) in [6.07, 6.45) is 2.13. The fourth-order valence-electron chi connectivity index (χ4n) is 2.66. The second-order valence-electron chi connectivity index (χ2n) is 6.79. The van der Waals surface area contributed by atoms with E-state index < -0.39 is 9.84 Å². The zero-order valence-electron chi connectivity index (χ0n) is 14.2. The predicted molar refractivity (Wildman–Crippen MR) is 93.7 cm³/mol. The molecule has 0 aromatic rings. The lowest BCUT2D eigenvalue weighted by molar-refractivity contribution is 0.168. The average Bonchev–Trinajstić information content (AvgIpc) is 2.42. The zero-order chi connectivity index (χ0) is 16.1. The van der Waals surface area contributed by atoms with Crippen LogP contribution in [0.4, 0.5) is 0 Å². The van der Waals surface area contributed by atoms with Gasteiger partial charge in [0.1, 0.15) is 5.37 Å². The Labute approximate surface area is 135 Å². The minimum Gasteiger partial charge on any atom is -0.311 e. The topological polar surface area (TPSA) is 49.4 Å². The molecule has 0 amide bonds. The maximum Gasteiger partial charge on any atom is 0.166 e. The maximum atomic E-state index is 12.4. The Bertz CT molecular complexity index is 404. The first-order chi connectivity index (χ1) is 9.71. The third-order valence-corrected chi connectivity index (χ3v) is 7.20. The Morgan fingerprint density at radius 3 is 2.52 bits per heavy atom. The third-order valence-electron chi connectivity index (χ3n) is 3.90. The number of rotatable bonds is 7. The van der Waals surface area contributed by atoms with E-state index in [-0.39, 0.29) is 16.7 Å². The lowest BCUT2D eigenvalue weighted by Gasteiger charge is -2.41. The van der Waals surface area contributed by atoms with Crippen molar-refractivity contribution in [1.82, 2.24) is 10.2 Å². The molecular weight excluding hydrogens is 304 g/mol. The first-order valence-electron chi connectivity index (χ1n) is 8.01. The molecule has 126 valence electrons. The Hall–Kier alpha value is 0.220. The number of nitrogens with zero attached hydrogens (tertiary/aromatic N) is 1. The van der Waals surface area contributed by atoms with Crippen LogP contribution in [0.1, 0.15) is 47.5 Å². The summed E-state index contributed by atoms with van der Waals surface area (Å²) in [6, 6.07) is 0.307. The summed E-state index contributed by atoms with van der Waals surface area (Å²) in [6.45, 7) is 12.1. The molecule has 0 radical (unpaired) electrons. The van der Waals surface area contributed by atoms with Gasteiger partial charge in [0.25, 0.3) is 0 Å². The molecule has 1 saturated heterocycles. The molecule has 6 heteroatoms. The van der Waals surface area contributed by atoms with Gasteiger partial charge in [0.2, 0.25) is 0 Å². The van der Waals surface area contributed by atoms with Crippen LogP contribution in [0.25, 0.3) is 0 Å². The first-order valence-corrected chi connectivity index (χ1v) is 10.9. The molecule has 21 heavy (non-hydrogen) atoms. The molecule has 0 aromatic carbocycles. The highest BCUT2D eigenvalue weighted by atomic mass is 32.2. The Kier molecular flexibility index (Phi) is 7.50. The maximum absolute atomic E-state index is 12.4. The SMILES string of the molecule is CCCC(CNC(C)(C)C)N1CCSCC1S(=O)(=O)CC. The van der Waals surface area contributed by atoms with Gasteiger partial charge in [0, 0.05) is 41.9 Å². The number of thioether (sulfide) groups is 1. The molecule has 1 rings (SSSR count). The number of hydrogen-bond donors (Lipinski definition) is 1. The van der Waals surface area contributed by atoms with Crippen molar-refractivity contribution in [3.05, 3.63) is 0 Å². The summed E-state index contributed by atoms with van der Waals surface area (Å²) in [5.74, 6) is 1.98. The zero-order valence-corrected chi connectivity index (χ0v) is 15.8. The van der Waals surface area contributed by atoms with E-state index in [1.54, 1.807) is 18.7 Å². The highest BCUT2D eigenvalue weighted by Crippen LogP contribution is 2.25. The van der Waals surface area contributed by atoms with Gasteiger partial charge in [0.05, 0.1) is 0 Å². The lowest BCUT2D eigenvalue weighted by Crippen LogP contribution is -2.56. The summed E-state index contributed by atoms with van der Waals surface area (Å²) >= 11 is 1.77. The Morgan fingerprint density at radius 1 is 1.33 bits per heavy atom. The van der Waals surface area contributed by atoms with Gasteiger partial charge in [-0.1, -0.05) is 20.3 Å². The largest absolute Gasteiger partial charge is 0.311 e. The highest BCUT2D eigenvalue weighted by molar-refractivity contribution is 8.01. The van der Waals surface area contributed by atoms with E-state index >= 15 is 0 Å². The molecule has 2 unspecified atom stereocenters. The van der Waals surface area contributed by atoms with Gasteiger partial charge in [-0.2, -0.15) is 11.8 Å². The van der Waals surface area contributed by atoms with Gasteiger partial charge in [-0.25, -0.2) is 8.42 Å². The predicted octanol–water partition coefficient (Wildman–Crippen LogP) is 2.35. The van der Waals surface area contributed by atoms with Crippen molar-refractivity contribution >= 4 is 21.6 Å². The van der Waals surface area contributed by atoms with E-state index in [2.05, 4.69) is 37.9 Å². The van der Waals surface area contributed by atoms with Crippen LogP contribution in [0.5, 0.6) is 0 Å². The standard InChI is InChI=1S/C15H32N2O2S2/c1-6-8-13(11-16-15(3,4)5)17-9-10-20-12-14(17)21(18,19)7-2/h13-14,16H,6-12H2,1-5H3. The van der Waals surface area contributed by atoms with E-state index in [1.807, 2.05) is 0 Å². The summed E-state index contributed by atoms with van der Waals surface area (Å²) in [5.41, 5.74) is 0.0651. The second kappa shape index (κ2) is 8.18. The number of sulfone groups is 1. The molecule has 1 N–H and O–H groups in total. The molecule has 0 spiro atoms. The molecule has 0 saturated carbocycles. The molecule has 1 heterocycles. The summed E-state index contributed by atoms with van der Waals surface area (Å²) < 4.78 is 24.8. The van der Waals surface area contributed by atoms with Crippen LogP contribution in [0, 0.1) is 0 Å². The van der Waals surface area contributed by atoms with Gasteiger partial charge in [-0.3, -0.25) is 4.90 Å². The van der Waals surface area contributed by atoms with Crippen LogP contribution in [-0.2, 0) is 9.84 Å². The molecule has 0 bridgehead atoms. The minimum absolute atomic E-state index is 0.0651. The van der Waals surface area contributed by atoms with Crippen LogP contribution in [0.3, 0.4) is 0 Å². The van der Waals surface area contributed by atoms with E-state index in [4.69, 9.17) is 0 Å². The van der Waals surface area contributed by atoms with E-state index in [1.165, 1.54) is 0 Å². The normalized spacial score (nSPS) is 23.2. The van der Waals surface area contributed by atoms with Gasteiger partial charge < -0.3 is 5.32 Å². The van der Waals surface area contributed by atoms with Crippen LogP contribution in [0.2, 0.25) is 0 Å². The van der Waals surface area contributed by atoms with E-state index in [0.29, 0.717) is 11.8 Å². The number of hydrogen-bond acceptors (Lipinski definition) is 5. The summed E-state index contributed by atoms with van der Waals surface area (Å²) in [7, 11) is -3.01. The van der Waals surface area contributed by atoms with Gasteiger partial charge in [-0.05, 0) is 27.2 Å². The molecule has 0 aliphatic carbocycles. The smallest absolute Gasteiger partial charge is 0.166 e. The van der Waals surface area contributed by atoms with Crippen molar-refractivity contribution in [3.63, 3.8) is 0 Å². The van der Waals surface area contributed by atoms with Crippen molar-refractivity contribution in [2.75, 3.05) is 30.3 Å². The van der Waals surface area contributed by atoms with Crippen molar-refractivity contribution in [3.8, 4) is 0 Å². The fraction of sp³-hybridized carbons (Fsp3) is 1.00. The van der Waals surface area contributed by atoms with Gasteiger partial charge in [-0.15, -0.1) is 0 Å². The molecular formula is C15H32N2O2S2. The number of nitrogens with one attached hydrogen (secondary N) is 1. The summed E-state index contributed by atoms with van der Waals surface area (Å²) in [5, 5.41) is 3.24. The quantitative estimate of drug-likeness (QED) is 0.773. The molecule has 1 aliphatic heterocycles. The van der Waals surface area contributed by atoms with Crippen molar-refractivity contribution in [2.24, 2.45) is 0 Å². The molecule has 4 nitrogen and oxygen atoms in total. The molecule has 2 atom stereocenters. The van der Waals surface area contributed by atoms with Crippen molar-refractivity contribution in [1.29, 1.82) is 0 Å². The van der Waals surface area contributed by atoms with Crippen molar-refractivity contribution in [2.45, 2.75) is 64.4 Å². The Morgan fingerprint density at radius 2 is 2.00 bits per heavy atom. The van der Waals surface area contributed by atoms with E-state index in [0.717, 1.165) is 31.7 Å². The summed E-state index contributed by atoms with van der Waals surface area (Å²) in [4.78, 5) is 2.25. The van der Waals surface area contributed by atoms with Crippen LogP contribution in [-0.4, -0.2) is 60.6 Å². The van der Waals surface area contributed by atoms with Crippen LogP contribution < -0.4 is 5.32 Å². The minimum atomic E-state index is -3.01. The van der Waals surface area contributed by atoms with Crippen LogP contribution in [0.15, 0.2) is 0 Å². The lowest BCUT2D eigenvalue weighted by atomic mass is 10.1. The second-order valence-corrected chi connectivity index (χ2v) is 10.4. The van der Waals surface area contributed by atoms with Crippen LogP contribution >= 0.6 is 11.8 Å². The third kappa shape index (κ3) is 6.08. The molecule has 0 aromatic heterocycles. The average molecular weight is 337 g/mol. The first kappa shape index (κ1) is 19.3. The van der Waals surface area contributed by atoms with E-state index in [9.17, 15) is 8.42 Å². The monoisotopic (exact) mass is 336 g/mol. The molecule has 1 aliphatic rings. The fourth-order valence-corrected chi connectivity index (χ4v) is 5.75. The van der Waals surface area contributed by atoms with Gasteiger partial charge in [0.15, 0.2) is 9.84 Å². The molecule has 1 fully saturated rings. The van der Waals surface area contributed by atoms with Gasteiger partial charge >= 0.3 is 0 Å². The Balaban J connectivity index is 2.86. The van der Waals surface area contributed by atoms with Crippen molar-refractivity contribution < 1.29 is 8.42 Å².